The molecule has 0 aromatic carbocycles. The van der Waals surface area contributed by atoms with E-state index in [0.29, 0.717) is 12.8 Å². The number of amides is 1. The van der Waals surface area contributed by atoms with Gasteiger partial charge in [-0.15, -0.1) is 0 Å². The molecule has 0 aromatic rings. The predicted molar refractivity (Wildman–Crippen MR) is 77.3 cm³/mol. The first kappa shape index (κ1) is 15.3. The first-order chi connectivity index (χ1) is 9.29. The fourth-order valence-corrected chi connectivity index (χ4v) is 3.93. The summed E-state index contributed by atoms with van der Waals surface area (Å²) in [5, 5.41) is 12.5. The van der Waals surface area contributed by atoms with E-state index in [1.165, 1.54) is 19.3 Å². The quantitative estimate of drug-likeness (QED) is 0.835. The second-order valence-corrected chi connectivity index (χ2v) is 7.29. The van der Waals surface area contributed by atoms with Crippen molar-refractivity contribution in [3.05, 3.63) is 0 Å². The minimum atomic E-state index is -0.774. The van der Waals surface area contributed by atoms with Gasteiger partial charge in [0.15, 0.2) is 0 Å². The number of aliphatic carboxylic acids is 1. The maximum absolute atomic E-state index is 12.7. The van der Waals surface area contributed by atoms with Crippen LogP contribution in [0.25, 0.3) is 0 Å². The Labute approximate surface area is 121 Å². The molecule has 4 heteroatoms. The Morgan fingerprint density at radius 3 is 2.15 bits per heavy atom. The maximum atomic E-state index is 12.7. The van der Waals surface area contributed by atoms with Crippen LogP contribution in [-0.4, -0.2) is 23.0 Å². The zero-order valence-corrected chi connectivity index (χ0v) is 12.9. The molecule has 0 aromatic heterocycles. The van der Waals surface area contributed by atoms with Crippen LogP contribution in [-0.2, 0) is 9.59 Å². The normalized spacial score (nSPS) is 33.9. The van der Waals surface area contributed by atoms with Gasteiger partial charge in [-0.1, -0.05) is 40.0 Å². The number of nitrogens with one attached hydrogen (secondary N) is 1. The SMILES string of the molecule is CC1(C)[C@H](C(=O)O)CC[C@]1(C)C(=O)NC1CCCCC1. The molecule has 2 fully saturated rings. The summed E-state index contributed by atoms with van der Waals surface area (Å²) in [7, 11) is 0. The molecule has 2 N–H and O–H groups in total. The van der Waals surface area contributed by atoms with E-state index in [9.17, 15) is 14.7 Å². The van der Waals surface area contributed by atoms with Crippen molar-refractivity contribution in [2.45, 2.75) is 71.8 Å². The summed E-state index contributed by atoms with van der Waals surface area (Å²) in [6.45, 7) is 5.80. The van der Waals surface area contributed by atoms with Crippen molar-refractivity contribution in [1.29, 1.82) is 0 Å². The zero-order chi connectivity index (χ0) is 15.0. The van der Waals surface area contributed by atoms with E-state index >= 15 is 0 Å². The van der Waals surface area contributed by atoms with Crippen molar-refractivity contribution >= 4 is 11.9 Å². The highest BCUT2D eigenvalue weighted by molar-refractivity contribution is 5.85. The van der Waals surface area contributed by atoms with Crippen molar-refractivity contribution in [1.82, 2.24) is 5.32 Å². The van der Waals surface area contributed by atoms with Gasteiger partial charge in [-0.25, -0.2) is 0 Å². The lowest BCUT2D eigenvalue weighted by atomic mass is 9.65. The smallest absolute Gasteiger partial charge is 0.307 e. The lowest BCUT2D eigenvalue weighted by Gasteiger charge is -2.40. The molecule has 0 heterocycles. The molecule has 0 spiro atoms. The first-order valence-corrected chi connectivity index (χ1v) is 7.83. The van der Waals surface area contributed by atoms with E-state index in [1.807, 2.05) is 20.8 Å². The number of rotatable bonds is 3. The number of carbonyl (C=O) groups excluding carboxylic acids is 1. The van der Waals surface area contributed by atoms with Crippen LogP contribution in [0.3, 0.4) is 0 Å². The summed E-state index contributed by atoms with van der Waals surface area (Å²) in [6.07, 6.45) is 7.00. The summed E-state index contributed by atoms with van der Waals surface area (Å²) in [5.74, 6) is -1.15. The molecular weight excluding hydrogens is 254 g/mol. The van der Waals surface area contributed by atoms with Crippen molar-refractivity contribution in [3.63, 3.8) is 0 Å². The lowest BCUT2D eigenvalue weighted by Crippen LogP contribution is -2.51. The Kier molecular flexibility index (Phi) is 4.12. The molecule has 2 saturated carbocycles. The van der Waals surface area contributed by atoms with Gasteiger partial charge in [-0.05, 0) is 31.1 Å². The fraction of sp³-hybridized carbons (Fsp3) is 0.875. The monoisotopic (exact) mass is 281 g/mol. The number of carboxylic acids is 1. The Balaban J connectivity index is 2.09. The molecule has 1 amide bonds. The van der Waals surface area contributed by atoms with Crippen LogP contribution < -0.4 is 5.32 Å². The van der Waals surface area contributed by atoms with Crippen LogP contribution in [0.15, 0.2) is 0 Å². The number of carboxylic acid groups (broad SMARTS) is 1. The van der Waals surface area contributed by atoms with Crippen molar-refractivity contribution in [2.75, 3.05) is 0 Å². The van der Waals surface area contributed by atoms with Crippen LogP contribution in [0, 0.1) is 16.7 Å². The van der Waals surface area contributed by atoms with E-state index in [1.54, 1.807) is 0 Å². The molecular formula is C16H27NO3. The average Bonchev–Trinajstić information content (AvgIpc) is 2.63. The Bertz CT molecular complexity index is 399. The zero-order valence-electron chi connectivity index (χ0n) is 12.9. The number of hydrogen-bond acceptors (Lipinski definition) is 2. The second-order valence-electron chi connectivity index (χ2n) is 7.29. The molecule has 2 aliphatic rings. The van der Waals surface area contributed by atoms with Gasteiger partial charge in [-0.2, -0.15) is 0 Å². The second kappa shape index (κ2) is 5.38. The molecule has 2 atom stereocenters. The summed E-state index contributed by atoms with van der Waals surface area (Å²) >= 11 is 0. The van der Waals surface area contributed by atoms with Gasteiger partial charge in [-0.3, -0.25) is 9.59 Å². The number of carbonyl (C=O) groups is 2. The highest BCUT2D eigenvalue weighted by atomic mass is 16.4. The molecule has 4 nitrogen and oxygen atoms in total. The molecule has 114 valence electrons. The molecule has 0 saturated heterocycles. The van der Waals surface area contributed by atoms with Gasteiger partial charge in [0.1, 0.15) is 0 Å². The van der Waals surface area contributed by atoms with E-state index < -0.39 is 22.7 Å². The molecule has 0 aliphatic heterocycles. The predicted octanol–water partition coefficient (Wildman–Crippen LogP) is 2.96. The standard InChI is InChI=1S/C16H27NO3/c1-15(2)12(13(18)19)9-10-16(15,3)14(20)17-11-7-5-4-6-8-11/h11-12H,4-10H2,1-3H3,(H,17,20)(H,18,19)/t12-,16+/m0/s1. The Hall–Kier alpha value is -1.06. The van der Waals surface area contributed by atoms with E-state index in [4.69, 9.17) is 0 Å². The largest absolute Gasteiger partial charge is 0.481 e. The van der Waals surface area contributed by atoms with E-state index in [0.717, 1.165) is 12.8 Å². The minimum absolute atomic E-state index is 0.0538. The van der Waals surface area contributed by atoms with E-state index in [-0.39, 0.29) is 11.9 Å². The highest BCUT2D eigenvalue weighted by Crippen LogP contribution is 2.56. The van der Waals surface area contributed by atoms with Crippen LogP contribution in [0.2, 0.25) is 0 Å². The molecule has 2 rings (SSSR count). The summed E-state index contributed by atoms with van der Waals surface area (Å²) < 4.78 is 0. The maximum Gasteiger partial charge on any atom is 0.307 e. The van der Waals surface area contributed by atoms with Gasteiger partial charge in [0.25, 0.3) is 0 Å². The first-order valence-electron chi connectivity index (χ1n) is 7.83. The van der Waals surface area contributed by atoms with Crippen LogP contribution >= 0.6 is 0 Å². The average molecular weight is 281 g/mol. The van der Waals surface area contributed by atoms with Crippen molar-refractivity contribution < 1.29 is 14.7 Å². The molecule has 0 unspecified atom stereocenters. The fourth-order valence-electron chi connectivity index (χ4n) is 3.93. The van der Waals surface area contributed by atoms with Crippen LogP contribution in [0.4, 0.5) is 0 Å². The topological polar surface area (TPSA) is 66.4 Å². The molecule has 2 aliphatic carbocycles. The van der Waals surface area contributed by atoms with Gasteiger partial charge in [0.2, 0.25) is 5.91 Å². The third-order valence-electron chi connectivity index (χ3n) is 5.97. The highest BCUT2D eigenvalue weighted by Gasteiger charge is 2.58. The number of hydrogen-bond donors (Lipinski definition) is 2. The third-order valence-corrected chi connectivity index (χ3v) is 5.97. The Morgan fingerprint density at radius 1 is 1.05 bits per heavy atom. The summed E-state index contributed by atoms with van der Waals surface area (Å²) in [6, 6.07) is 0.285. The van der Waals surface area contributed by atoms with Crippen molar-refractivity contribution in [2.24, 2.45) is 16.7 Å². The van der Waals surface area contributed by atoms with Gasteiger partial charge < -0.3 is 10.4 Å². The van der Waals surface area contributed by atoms with E-state index in [2.05, 4.69) is 5.32 Å². The van der Waals surface area contributed by atoms with Gasteiger partial charge >= 0.3 is 5.97 Å². The van der Waals surface area contributed by atoms with Gasteiger partial charge in [0.05, 0.1) is 11.3 Å². The Morgan fingerprint density at radius 2 is 1.65 bits per heavy atom. The molecule has 0 radical (unpaired) electrons. The van der Waals surface area contributed by atoms with Crippen LogP contribution in [0.5, 0.6) is 0 Å². The van der Waals surface area contributed by atoms with Gasteiger partial charge in [0, 0.05) is 6.04 Å². The third kappa shape index (κ3) is 2.45. The molecule has 0 bridgehead atoms. The van der Waals surface area contributed by atoms with Crippen LogP contribution in [0.1, 0.15) is 65.7 Å². The summed E-state index contributed by atoms with van der Waals surface area (Å²) in [4.78, 5) is 24.1. The lowest BCUT2D eigenvalue weighted by molar-refractivity contribution is -0.149. The molecule has 20 heavy (non-hydrogen) atoms. The minimum Gasteiger partial charge on any atom is -0.481 e. The summed E-state index contributed by atoms with van der Waals surface area (Å²) in [5.41, 5.74) is -1.08. The van der Waals surface area contributed by atoms with Crippen molar-refractivity contribution in [3.8, 4) is 0 Å².